The number of hydrogen-bond acceptors (Lipinski definition) is 0. The minimum atomic E-state index is 0.323. The maximum atomic E-state index is 3.20. The number of hydrogen-bond donors (Lipinski definition) is 0. The van der Waals surface area contributed by atoms with Crippen molar-refractivity contribution in [1.82, 2.24) is 0 Å². The van der Waals surface area contributed by atoms with Crippen LogP contribution in [0.5, 0.6) is 0 Å². The van der Waals surface area contributed by atoms with Crippen LogP contribution in [0.4, 0.5) is 0 Å². The Labute approximate surface area is 53.7 Å². The number of allylic oxidation sites excluding steroid dienone is 1. The average molecular weight is 163 g/mol. The molecule has 0 N–H and O–H groups in total. The van der Waals surface area contributed by atoms with Crippen molar-refractivity contribution >= 4 is 15.9 Å². The molecule has 0 bridgehead atoms. The molecule has 0 saturated heterocycles. The molecule has 0 nitrogen and oxygen atoms in total. The van der Waals surface area contributed by atoms with Crippen molar-refractivity contribution in [3.63, 3.8) is 0 Å². The van der Waals surface area contributed by atoms with E-state index in [1.807, 2.05) is 4.99 Å². The van der Waals surface area contributed by atoms with Gasteiger partial charge in [-0.2, -0.15) is 0 Å². The first-order valence-corrected chi connectivity index (χ1v) is 3.26. The highest BCUT2D eigenvalue weighted by molar-refractivity contribution is 9.11. The number of rotatable bonds is 0. The first kappa shape index (κ1) is 7.22. The molecular formula is C6H11Br. The summed E-state index contributed by atoms with van der Waals surface area (Å²) in [5, 5.41) is 0. The standard InChI is InChI=1S/C6H11Br/c1-6(2,3)4-5-7/h4-5H,1-3H3. The van der Waals surface area contributed by atoms with Crippen LogP contribution in [0.25, 0.3) is 0 Å². The minimum Gasteiger partial charge on any atom is -0.0722 e. The van der Waals surface area contributed by atoms with E-state index in [0.29, 0.717) is 5.41 Å². The third kappa shape index (κ3) is 6.22. The molecule has 0 fully saturated rings. The van der Waals surface area contributed by atoms with Gasteiger partial charge in [0.15, 0.2) is 0 Å². The molecule has 0 rings (SSSR count). The van der Waals surface area contributed by atoms with E-state index in [4.69, 9.17) is 0 Å². The summed E-state index contributed by atoms with van der Waals surface area (Å²) in [6.07, 6.45) is 2.10. The van der Waals surface area contributed by atoms with Gasteiger partial charge in [0.05, 0.1) is 0 Å². The van der Waals surface area contributed by atoms with Crippen LogP contribution in [-0.4, -0.2) is 0 Å². The van der Waals surface area contributed by atoms with Gasteiger partial charge in [0.25, 0.3) is 0 Å². The summed E-state index contributed by atoms with van der Waals surface area (Å²) in [5.74, 6) is 0. The van der Waals surface area contributed by atoms with E-state index in [1.165, 1.54) is 0 Å². The van der Waals surface area contributed by atoms with Gasteiger partial charge in [-0.05, 0) is 10.4 Å². The molecule has 0 radical (unpaired) electrons. The van der Waals surface area contributed by atoms with Crippen LogP contribution >= 0.6 is 15.9 Å². The lowest BCUT2D eigenvalue weighted by Gasteiger charge is -2.09. The van der Waals surface area contributed by atoms with Gasteiger partial charge in [0.2, 0.25) is 0 Å². The molecule has 0 heterocycles. The molecular weight excluding hydrogens is 152 g/mol. The predicted octanol–water partition coefficient (Wildman–Crippen LogP) is 2.94. The SMILES string of the molecule is CC(C)(C)C=CBr. The smallest absolute Gasteiger partial charge is 0.0195 e. The largest absolute Gasteiger partial charge is 0.0722 e. The Bertz CT molecular complexity index is 66.7. The van der Waals surface area contributed by atoms with E-state index in [9.17, 15) is 0 Å². The molecule has 0 aromatic carbocycles. The van der Waals surface area contributed by atoms with Crippen molar-refractivity contribution in [3.05, 3.63) is 11.1 Å². The molecule has 0 aliphatic rings. The average Bonchev–Trinajstić information content (AvgIpc) is 1.30. The molecule has 0 aromatic heterocycles. The van der Waals surface area contributed by atoms with Crippen LogP contribution < -0.4 is 0 Å². The van der Waals surface area contributed by atoms with Gasteiger partial charge >= 0.3 is 0 Å². The Morgan fingerprint density at radius 2 is 1.71 bits per heavy atom. The monoisotopic (exact) mass is 162 g/mol. The van der Waals surface area contributed by atoms with Gasteiger partial charge < -0.3 is 0 Å². The topological polar surface area (TPSA) is 0 Å². The molecule has 7 heavy (non-hydrogen) atoms. The maximum absolute atomic E-state index is 3.20. The zero-order valence-corrected chi connectivity index (χ0v) is 6.62. The molecule has 0 spiro atoms. The Hall–Kier alpha value is 0.220. The molecule has 0 unspecified atom stereocenters. The van der Waals surface area contributed by atoms with Gasteiger partial charge in [-0.1, -0.05) is 42.8 Å². The van der Waals surface area contributed by atoms with Crippen LogP contribution in [0, 0.1) is 5.41 Å². The van der Waals surface area contributed by atoms with Crippen molar-refractivity contribution in [3.8, 4) is 0 Å². The molecule has 42 valence electrons. The van der Waals surface area contributed by atoms with Crippen molar-refractivity contribution in [2.45, 2.75) is 20.8 Å². The van der Waals surface area contributed by atoms with Gasteiger partial charge in [0.1, 0.15) is 0 Å². The fourth-order valence-electron chi connectivity index (χ4n) is 0.189. The molecule has 0 aliphatic heterocycles. The summed E-state index contributed by atoms with van der Waals surface area (Å²) in [4.78, 5) is 1.90. The summed E-state index contributed by atoms with van der Waals surface area (Å²) >= 11 is 3.20. The van der Waals surface area contributed by atoms with Crippen molar-refractivity contribution in [2.75, 3.05) is 0 Å². The van der Waals surface area contributed by atoms with Crippen molar-refractivity contribution < 1.29 is 0 Å². The zero-order valence-electron chi connectivity index (χ0n) is 5.03. The zero-order chi connectivity index (χ0) is 5.91. The lowest BCUT2D eigenvalue weighted by molar-refractivity contribution is 0.545. The second-order valence-electron chi connectivity index (χ2n) is 2.66. The summed E-state index contributed by atoms with van der Waals surface area (Å²) in [7, 11) is 0. The Kier molecular flexibility index (Phi) is 2.59. The Balaban J connectivity index is 3.56. The summed E-state index contributed by atoms with van der Waals surface area (Å²) in [5.41, 5.74) is 0.323. The fourth-order valence-corrected chi connectivity index (χ4v) is 0.982. The predicted molar refractivity (Wildman–Crippen MR) is 37.5 cm³/mol. The molecule has 0 amide bonds. The quantitative estimate of drug-likeness (QED) is 0.515. The lowest BCUT2D eigenvalue weighted by Crippen LogP contribution is -1.96. The minimum absolute atomic E-state index is 0.323. The van der Waals surface area contributed by atoms with Crippen LogP contribution in [0.15, 0.2) is 11.1 Å². The third-order valence-corrected chi connectivity index (χ3v) is 0.827. The highest BCUT2D eigenvalue weighted by Crippen LogP contribution is 2.14. The number of halogens is 1. The van der Waals surface area contributed by atoms with E-state index in [1.54, 1.807) is 0 Å². The highest BCUT2D eigenvalue weighted by atomic mass is 79.9. The van der Waals surface area contributed by atoms with E-state index in [0.717, 1.165) is 0 Å². The molecule has 0 aromatic rings. The van der Waals surface area contributed by atoms with E-state index >= 15 is 0 Å². The van der Waals surface area contributed by atoms with Crippen molar-refractivity contribution in [1.29, 1.82) is 0 Å². The summed E-state index contributed by atoms with van der Waals surface area (Å²) in [6.45, 7) is 6.47. The molecule has 0 atom stereocenters. The summed E-state index contributed by atoms with van der Waals surface area (Å²) in [6, 6.07) is 0. The van der Waals surface area contributed by atoms with E-state index in [2.05, 4.69) is 42.8 Å². The Morgan fingerprint density at radius 3 is 1.71 bits per heavy atom. The van der Waals surface area contributed by atoms with Crippen LogP contribution in [-0.2, 0) is 0 Å². The molecule has 0 saturated carbocycles. The van der Waals surface area contributed by atoms with E-state index in [-0.39, 0.29) is 0 Å². The van der Waals surface area contributed by atoms with Gasteiger partial charge in [-0.15, -0.1) is 0 Å². The first-order chi connectivity index (χ1) is 3.06. The third-order valence-electron chi connectivity index (χ3n) is 0.563. The van der Waals surface area contributed by atoms with Crippen LogP contribution in [0.2, 0.25) is 0 Å². The second-order valence-corrected chi connectivity index (χ2v) is 3.19. The normalized spacial score (nSPS) is 13.1. The van der Waals surface area contributed by atoms with Gasteiger partial charge in [0, 0.05) is 0 Å². The van der Waals surface area contributed by atoms with E-state index < -0.39 is 0 Å². The summed E-state index contributed by atoms with van der Waals surface area (Å²) < 4.78 is 0. The second kappa shape index (κ2) is 2.51. The Morgan fingerprint density at radius 1 is 1.29 bits per heavy atom. The van der Waals surface area contributed by atoms with Gasteiger partial charge in [-0.3, -0.25) is 0 Å². The van der Waals surface area contributed by atoms with Crippen LogP contribution in [0.1, 0.15) is 20.8 Å². The molecule has 1 heteroatoms. The van der Waals surface area contributed by atoms with Gasteiger partial charge in [-0.25, -0.2) is 0 Å². The van der Waals surface area contributed by atoms with Crippen molar-refractivity contribution in [2.24, 2.45) is 5.41 Å². The fraction of sp³-hybridized carbons (Fsp3) is 0.667. The maximum Gasteiger partial charge on any atom is -0.0195 e. The van der Waals surface area contributed by atoms with Crippen LogP contribution in [0.3, 0.4) is 0 Å². The lowest BCUT2D eigenvalue weighted by atomic mass is 9.98. The molecule has 0 aliphatic carbocycles. The highest BCUT2D eigenvalue weighted by Gasteiger charge is 2.01. The first-order valence-electron chi connectivity index (χ1n) is 2.34.